The van der Waals surface area contributed by atoms with Crippen LogP contribution in [0.25, 0.3) is 0 Å². The van der Waals surface area contributed by atoms with Gasteiger partial charge in [0.2, 0.25) is 0 Å². The van der Waals surface area contributed by atoms with Crippen molar-refractivity contribution >= 4 is 23.2 Å². The van der Waals surface area contributed by atoms with Crippen molar-refractivity contribution in [3.05, 3.63) is 21.4 Å². The van der Waals surface area contributed by atoms with E-state index in [0.29, 0.717) is 25.4 Å². The molecule has 5 heteroatoms. The van der Waals surface area contributed by atoms with E-state index in [1.807, 2.05) is 5.38 Å². The predicted molar refractivity (Wildman–Crippen MR) is 81.8 cm³/mol. The topological polar surface area (TPSA) is 57.6 Å². The fourth-order valence-corrected chi connectivity index (χ4v) is 4.63. The first-order chi connectivity index (χ1) is 10.1. The Morgan fingerprint density at radius 3 is 2.95 bits per heavy atom. The smallest absolute Gasteiger partial charge is 0.308 e. The first kappa shape index (κ1) is 14.6. The highest BCUT2D eigenvalue weighted by atomic mass is 32.1. The van der Waals surface area contributed by atoms with Gasteiger partial charge < -0.3 is 10.0 Å². The molecule has 3 rings (SSSR count). The molecule has 1 aromatic rings. The van der Waals surface area contributed by atoms with Crippen LogP contribution < -0.4 is 0 Å². The van der Waals surface area contributed by atoms with E-state index in [1.54, 1.807) is 16.2 Å². The van der Waals surface area contributed by atoms with E-state index >= 15 is 0 Å². The molecule has 1 N–H and O–H groups in total. The number of rotatable bonds is 2. The highest BCUT2D eigenvalue weighted by molar-refractivity contribution is 7.10. The number of hydrogen-bond acceptors (Lipinski definition) is 3. The summed E-state index contributed by atoms with van der Waals surface area (Å²) in [5.74, 6) is -0.454. The molecular formula is C16H21NO3S. The normalized spacial score (nSPS) is 25.5. The van der Waals surface area contributed by atoms with E-state index in [9.17, 15) is 9.59 Å². The van der Waals surface area contributed by atoms with E-state index < -0.39 is 11.9 Å². The lowest BCUT2D eigenvalue weighted by Gasteiger charge is -2.31. The molecule has 2 aliphatic rings. The standard InChI is InChI=1S/C16H21NO3S/c1-10-4-5-12-13(9-21-14(12)7-10)15(18)17-6-2-3-11(8-17)16(19)20/h9-11H,2-8H2,1H3,(H,19,20)/t10?,11-/m0/s1. The summed E-state index contributed by atoms with van der Waals surface area (Å²) in [4.78, 5) is 27.0. The number of likely N-dealkylation sites (tertiary alicyclic amines) is 1. The van der Waals surface area contributed by atoms with Gasteiger partial charge in [0.15, 0.2) is 0 Å². The van der Waals surface area contributed by atoms with Crippen molar-refractivity contribution in [3.8, 4) is 0 Å². The van der Waals surface area contributed by atoms with Crippen LogP contribution in [0.3, 0.4) is 0 Å². The molecule has 0 radical (unpaired) electrons. The molecule has 1 saturated heterocycles. The zero-order valence-electron chi connectivity index (χ0n) is 12.3. The van der Waals surface area contributed by atoms with Crippen molar-refractivity contribution < 1.29 is 14.7 Å². The van der Waals surface area contributed by atoms with Crippen LogP contribution in [0.1, 0.15) is 47.0 Å². The van der Waals surface area contributed by atoms with Crippen LogP contribution >= 0.6 is 11.3 Å². The van der Waals surface area contributed by atoms with E-state index in [4.69, 9.17) is 5.11 Å². The molecule has 1 aromatic heterocycles. The number of hydrogen-bond donors (Lipinski definition) is 1. The number of amides is 1. The van der Waals surface area contributed by atoms with Gasteiger partial charge in [0.1, 0.15) is 0 Å². The molecule has 0 aromatic carbocycles. The zero-order valence-corrected chi connectivity index (χ0v) is 13.1. The maximum absolute atomic E-state index is 12.7. The monoisotopic (exact) mass is 307 g/mol. The predicted octanol–water partition coefficient (Wildman–Crippen LogP) is 2.81. The largest absolute Gasteiger partial charge is 0.481 e. The number of fused-ring (bicyclic) bond motifs is 1. The van der Waals surface area contributed by atoms with Crippen LogP contribution in [0.5, 0.6) is 0 Å². The molecule has 1 aliphatic heterocycles. The minimum atomic E-state index is -0.784. The van der Waals surface area contributed by atoms with E-state index in [2.05, 4.69) is 6.92 Å². The van der Waals surface area contributed by atoms with E-state index in [0.717, 1.165) is 31.2 Å². The Balaban J connectivity index is 1.78. The maximum Gasteiger partial charge on any atom is 0.308 e. The van der Waals surface area contributed by atoms with Crippen LogP contribution in [0, 0.1) is 11.8 Å². The van der Waals surface area contributed by atoms with Crippen molar-refractivity contribution in [2.45, 2.75) is 39.0 Å². The zero-order chi connectivity index (χ0) is 15.0. The molecule has 114 valence electrons. The van der Waals surface area contributed by atoms with Crippen LogP contribution in [0.2, 0.25) is 0 Å². The lowest BCUT2D eigenvalue weighted by molar-refractivity contribution is -0.143. The molecule has 1 fully saturated rings. The molecule has 1 amide bonds. The number of carboxylic acid groups (broad SMARTS) is 1. The maximum atomic E-state index is 12.7. The number of aliphatic carboxylic acids is 1. The van der Waals surface area contributed by atoms with Crippen LogP contribution in [0.15, 0.2) is 5.38 Å². The molecule has 21 heavy (non-hydrogen) atoms. The number of piperidine rings is 1. The van der Waals surface area contributed by atoms with Gasteiger partial charge in [0, 0.05) is 23.3 Å². The number of carbonyl (C=O) groups is 2. The Hall–Kier alpha value is -1.36. The average Bonchev–Trinajstić information content (AvgIpc) is 2.89. The van der Waals surface area contributed by atoms with Crippen LogP contribution in [-0.2, 0) is 17.6 Å². The number of nitrogens with zero attached hydrogens (tertiary/aromatic N) is 1. The molecule has 0 spiro atoms. The lowest BCUT2D eigenvalue weighted by Crippen LogP contribution is -2.42. The molecule has 0 saturated carbocycles. The summed E-state index contributed by atoms with van der Waals surface area (Å²) < 4.78 is 0. The van der Waals surface area contributed by atoms with Crippen molar-refractivity contribution in [2.75, 3.05) is 13.1 Å². The van der Waals surface area contributed by atoms with Gasteiger partial charge >= 0.3 is 5.97 Å². The van der Waals surface area contributed by atoms with E-state index in [1.165, 1.54) is 10.4 Å². The quantitative estimate of drug-likeness (QED) is 0.914. The molecular weight excluding hydrogens is 286 g/mol. The SMILES string of the molecule is CC1CCc2c(C(=O)N3CCC[C@H](C(=O)O)C3)csc2C1. The average molecular weight is 307 g/mol. The minimum Gasteiger partial charge on any atom is -0.481 e. The Bertz CT molecular complexity index is 566. The van der Waals surface area contributed by atoms with Gasteiger partial charge in [-0.25, -0.2) is 0 Å². The number of thiophene rings is 1. The Morgan fingerprint density at radius 1 is 1.38 bits per heavy atom. The fourth-order valence-electron chi connectivity index (χ4n) is 3.39. The summed E-state index contributed by atoms with van der Waals surface area (Å²) in [6.07, 6.45) is 4.66. The fraction of sp³-hybridized carbons (Fsp3) is 0.625. The van der Waals surface area contributed by atoms with Gasteiger partial charge in [-0.1, -0.05) is 6.92 Å². The summed E-state index contributed by atoms with van der Waals surface area (Å²) in [7, 11) is 0. The molecule has 1 aliphatic carbocycles. The first-order valence-electron chi connectivity index (χ1n) is 7.67. The van der Waals surface area contributed by atoms with Gasteiger partial charge in [0.25, 0.3) is 5.91 Å². The third kappa shape index (κ3) is 2.84. The second kappa shape index (κ2) is 5.79. The summed E-state index contributed by atoms with van der Waals surface area (Å²) in [5.41, 5.74) is 2.05. The van der Waals surface area contributed by atoms with Gasteiger partial charge in [-0.2, -0.15) is 0 Å². The molecule has 1 unspecified atom stereocenters. The summed E-state index contributed by atoms with van der Waals surface area (Å²) in [6, 6.07) is 0. The molecule has 4 nitrogen and oxygen atoms in total. The van der Waals surface area contributed by atoms with Gasteiger partial charge in [-0.05, 0) is 43.6 Å². The van der Waals surface area contributed by atoms with Crippen LogP contribution in [-0.4, -0.2) is 35.0 Å². The van der Waals surface area contributed by atoms with Crippen molar-refractivity contribution in [1.82, 2.24) is 4.90 Å². The number of carboxylic acids is 1. The number of carbonyl (C=O) groups excluding carboxylic acids is 1. The molecule has 0 bridgehead atoms. The highest BCUT2D eigenvalue weighted by Crippen LogP contribution is 2.34. The van der Waals surface area contributed by atoms with Crippen LogP contribution in [0.4, 0.5) is 0 Å². The second-order valence-electron chi connectivity index (χ2n) is 6.33. The second-order valence-corrected chi connectivity index (χ2v) is 7.29. The minimum absolute atomic E-state index is 0.0352. The Kier molecular flexibility index (Phi) is 4.02. The molecule has 2 atom stereocenters. The highest BCUT2D eigenvalue weighted by Gasteiger charge is 2.31. The molecule has 2 heterocycles. The summed E-state index contributed by atoms with van der Waals surface area (Å²) in [5, 5.41) is 11.1. The van der Waals surface area contributed by atoms with Gasteiger partial charge in [0.05, 0.1) is 11.5 Å². The lowest BCUT2D eigenvalue weighted by atomic mass is 9.88. The van der Waals surface area contributed by atoms with E-state index in [-0.39, 0.29) is 5.91 Å². The van der Waals surface area contributed by atoms with Crippen molar-refractivity contribution in [2.24, 2.45) is 11.8 Å². The summed E-state index contributed by atoms with van der Waals surface area (Å²) in [6.45, 7) is 3.30. The van der Waals surface area contributed by atoms with Gasteiger partial charge in [-0.3, -0.25) is 9.59 Å². The first-order valence-corrected chi connectivity index (χ1v) is 8.55. The Morgan fingerprint density at radius 2 is 2.19 bits per heavy atom. The third-order valence-electron chi connectivity index (χ3n) is 4.69. The van der Waals surface area contributed by atoms with Crippen molar-refractivity contribution in [3.63, 3.8) is 0 Å². The third-order valence-corrected chi connectivity index (χ3v) is 5.74. The van der Waals surface area contributed by atoms with Gasteiger partial charge in [-0.15, -0.1) is 11.3 Å². The summed E-state index contributed by atoms with van der Waals surface area (Å²) >= 11 is 1.69. The Labute approximate surface area is 128 Å². The van der Waals surface area contributed by atoms with Crippen molar-refractivity contribution in [1.29, 1.82) is 0 Å².